The molecule has 27 heavy (non-hydrogen) atoms. The second kappa shape index (κ2) is 10.1. The fraction of sp³-hybridized carbons (Fsp3) is 0.444. The number of alkyl halides is 2. The van der Waals surface area contributed by atoms with Gasteiger partial charge in [0.15, 0.2) is 17.5 Å². The molecule has 6 nitrogen and oxygen atoms in total. The van der Waals surface area contributed by atoms with Crippen LogP contribution in [0.3, 0.4) is 0 Å². The molecule has 148 valence electrons. The van der Waals surface area contributed by atoms with E-state index in [0.717, 1.165) is 16.3 Å². The second-order valence-electron chi connectivity index (χ2n) is 5.62. The zero-order valence-electron chi connectivity index (χ0n) is 15.8. The Morgan fingerprint density at radius 1 is 1.22 bits per heavy atom. The standard InChI is InChI=1S/C18H24F2N4O2S/c1-5-25-15-8-13(6-7-14(15)26-17(19)20)9-22-18(21-4)23-10-16-24-11(2)12(3)27-16/h6-8,17H,5,9-10H2,1-4H3,(H2,21,22,23). The molecule has 0 spiro atoms. The van der Waals surface area contributed by atoms with Crippen LogP contribution in [-0.4, -0.2) is 31.2 Å². The van der Waals surface area contributed by atoms with Crippen molar-refractivity contribution in [1.29, 1.82) is 0 Å². The summed E-state index contributed by atoms with van der Waals surface area (Å²) in [6.45, 7) is 4.29. The van der Waals surface area contributed by atoms with E-state index in [2.05, 4.69) is 25.3 Å². The number of nitrogens with zero attached hydrogens (tertiary/aromatic N) is 2. The Kier molecular flexibility index (Phi) is 7.78. The van der Waals surface area contributed by atoms with Gasteiger partial charge in [-0.3, -0.25) is 4.99 Å². The Morgan fingerprint density at radius 3 is 2.56 bits per heavy atom. The largest absolute Gasteiger partial charge is 0.490 e. The number of hydrogen-bond donors (Lipinski definition) is 2. The van der Waals surface area contributed by atoms with Gasteiger partial charge in [-0.25, -0.2) is 4.98 Å². The number of guanidine groups is 1. The van der Waals surface area contributed by atoms with Gasteiger partial charge in [-0.1, -0.05) is 6.07 Å². The summed E-state index contributed by atoms with van der Waals surface area (Å²) >= 11 is 1.65. The molecule has 2 N–H and O–H groups in total. The number of halogens is 2. The summed E-state index contributed by atoms with van der Waals surface area (Å²) in [4.78, 5) is 9.86. The van der Waals surface area contributed by atoms with E-state index in [0.29, 0.717) is 25.7 Å². The lowest BCUT2D eigenvalue weighted by Gasteiger charge is -2.14. The van der Waals surface area contributed by atoms with Crippen molar-refractivity contribution in [2.24, 2.45) is 4.99 Å². The Balaban J connectivity index is 1.95. The quantitative estimate of drug-likeness (QED) is 0.525. The Hall–Kier alpha value is -2.42. The highest BCUT2D eigenvalue weighted by Gasteiger charge is 2.12. The number of ether oxygens (including phenoxy) is 2. The van der Waals surface area contributed by atoms with Crippen LogP contribution in [0.1, 0.15) is 28.1 Å². The van der Waals surface area contributed by atoms with Crippen LogP contribution in [0.5, 0.6) is 11.5 Å². The van der Waals surface area contributed by atoms with E-state index in [4.69, 9.17) is 4.74 Å². The van der Waals surface area contributed by atoms with E-state index in [-0.39, 0.29) is 11.5 Å². The molecule has 0 bridgehead atoms. The van der Waals surface area contributed by atoms with Gasteiger partial charge >= 0.3 is 6.61 Å². The van der Waals surface area contributed by atoms with Crippen LogP contribution in [0.4, 0.5) is 8.78 Å². The first-order valence-electron chi connectivity index (χ1n) is 8.50. The van der Waals surface area contributed by atoms with E-state index >= 15 is 0 Å². The van der Waals surface area contributed by atoms with Crippen LogP contribution < -0.4 is 20.1 Å². The second-order valence-corrected chi connectivity index (χ2v) is 6.91. The summed E-state index contributed by atoms with van der Waals surface area (Å²) in [6, 6.07) is 4.86. The number of aliphatic imine (C=N–C) groups is 1. The van der Waals surface area contributed by atoms with Crippen LogP contribution >= 0.6 is 11.3 Å². The van der Waals surface area contributed by atoms with Gasteiger partial charge in [0, 0.05) is 18.5 Å². The van der Waals surface area contributed by atoms with E-state index in [9.17, 15) is 8.78 Å². The molecule has 1 aromatic carbocycles. The number of aromatic nitrogens is 1. The molecule has 0 unspecified atom stereocenters. The predicted octanol–water partition coefficient (Wildman–Crippen LogP) is 3.63. The average molecular weight is 398 g/mol. The minimum atomic E-state index is -2.89. The summed E-state index contributed by atoms with van der Waals surface area (Å²) in [6.07, 6.45) is 0. The van der Waals surface area contributed by atoms with Gasteiger partial charge in [-0.05, 0) is 38.5 Å². The molecule has 0 aliphatic carbocycles. The van der Waals surface area contributed by atoms with Crippen molar-refractivity contribution in [3.63, 3.8) is 0 Å². The fourth-order valence-corrected chi connectivity index (χ4v) is 3.18. The topological polar surface area (TPSA) is 67.8 Å². The minimum absolute atomic E-state index is 0.0209. The van der Waals surface area contributed by atoms with Crippen molar-refractivity contribution >= 4 is 17.3 Å². The lowest BCUT2D eigenvalue weighted by molar-refractivity contribution is -0.0514. The van der Waals surface area contributed by atoms with Gasteiger partial charge in [0.05, 0.1) is 18.8 Å². The van der Waals surface area contributed by atoms with Crippen molar-refractivity contribution in [2.75, 3.05) is 13.7 Å². The maximum absolute atomic E-state index is 12.5. The van der Waals surface area contributed by atoms with Gasteiger partial charge in [0.1, 0.15) is 5.01 Å². The summed E-state index contributed by atoms with van der Waals surface area (Å²) in [7, 11) is 1.68. The van der Waals surface area contributed by atoms with Crippen LogP contribution in [0.25, 0.3) is 0 Å². The molecule has 1 heterocycles. The van der Waals surface area contributed by atoms with Crippen LogP contribution in [0, 0.1) is 13.8 Å². The average Bonchev–Trinajstić information content (AvgIpc) is 2.95. The van der Waals surface area contributed by atoms with Crippen molar-refractivity contribution in [1.82, 2.24) is 15.6 Å². The Labute approximate surface area is 161 Å². The van der Waals surface area contributed by atoms with Crippen molar-refractivity contribution in [3.05, 3.63) is 39.3 Å². The number of nitrogens with one attached hydrogen (secondary N) is 2. The van der Waals surface area contributed by atoms with Crippen LogP contribution in [0.15, 0.2) is 23.2 Å². The van der Waals surface area contributed by atoms with Gasteiger partial charge < -0.3 is 20.1 Å². The first-order chi connectivity index (χ1) is 12.9. The first kappa shape index (κ1) is 20.9. The number of aryl methyl sites for hydroxylation is 2. The molecular weight excluding hydrogens is 374 g/mol. The van der Waals surface area contributed by atoms with Gasteiger partial charge in [-0.2, -0.15) is 8.78 Å². The molecule has 2 aromatic rings. The maximum atomic E-state index is 12.5. The first-order valence-corrected chi connectivity index (χ1v) is 9.32. The van der Waals surface area contributed by atoms with Crippen LogP contribution in [0.2, 0.25) is 0 Å². The zero-order chi connectivity index (χ0) is 19.8. The third kappa shape index (κ3) is 6.35. The summed E-state index contributed by atoms with van der Waals surface area (Å²) in [5, 5.41) is 7.37. The van der Waals surface area contributed by atoms with Crippen LogP contribution in [-0.2, 0) is 13.1 Å². The smallest absolute Gasteiger partial charge is 0.387 e. The predicted molar refractivity (Wildman–Crippen MR) is 103 cm³/mol. The Morgan fingerprint density at radius 2 is 1.96 bits per heavy atom. The third-order valence-corrected chi connectivity index (χ3v) is 4.76. The summed E-state index contributed by atoms with van der Waals surface area (Å²) in [5.74, 6) is 0.924. The summed E-state index contributed by atoms with van der Waals surface area (Å²) < 4.78 is 34.8. The van der Waals surface area contributed by atoms with E-state index < -0.39 is 6.61 Å². The highest BCUT2D eigenvalue weighted by molar-refractivity contribution is 7.11. The molecule has 1 aromatic heterocycles. The fourth-order valence-electron chi connectivity index (χ4n) is 2.30. The number of benzene rings is 1. The molecular formula is C18H24F2N4O2S. The van der Waals surface area contributed by atoms with Gasteiger partial charge in [0.2, 0.25) is 0 Å². The maximum Gasteiger partial charge on any atom is 0.387 e. The molecule has 0 saturated heterocycles. The molecule has 0 fully saturated rings. The van der Waals surface area contributed by atoms with Gasteiger partial charge in [-0.15, -0.1) is 11.3 Å². The SMILES string of the molecule is CCOc1cc(CNC(=NC)NCc2nc(C)c(C)s2)ccc1OC(F)F. The molecule has 0 aliphatic rings. The lowest BCUT2D eigenvalue weighted by Crippen LogP contribution is -2.36. The van der Waals surface area contributed by atoms with Crippen molar-refractivity contribution in [2.45, 2.75) is 40.5 Å². The van der Waals surface area contributed by atoms with E-state index in [1.807, 2.05) is 13.8 Å². The highest BCUT2D eigenvalue weighted by atomic mass is 32.1. The third-order valence-electron chi connectivity index (χ3n) is 3.69. The lowest BCUT2D eigenvalue weighted by atomic mass is 10.2. The van der Waals surface area contributed by atoms with Gasteiger partial charge in [0.25, 0.3) is 0 Å². The monoisotopic (exact) mass is 398 g/mol. The minimum Gasteiger partial charge on any atom is -0.490 e. The van der Waals surface area contributed by atoms with E-state index in [1.54, 1.807) is 37.4 Å². The Bertz CT molecular complexity index is 761. The van der Waals surface area contributed by atoms with Crippen molar-refractivity contribution < 1.29 is 18.3 Å². The summed E-state index contributed by atoms with van der Waals surface area (Å²) in [5.41, 5.74) is 1.89. The number of thiazole rings is 1. The molecule has 0 amide bonds. The zero-order valence-corrected chi connectivity index (χ0v) is 16.6. The molecule has 9 heteroatoms. The molecule has 0 aliphatic heterocycles. The highest BCUT2D eigenvalue weighted by Crippen LogP contribution is 2.29. The molecule has 2 rings (SSSR count). The van der Waals surface area contributed by atoms with Crippen molar-refractivity contribution in [3.8, 4) is 11.5 Å². The molecule has 0 radical (unpaired) electrons. The number of rotatable bonds is 8. The molecule has 0 atom stereocenters. The number of hydrogen-bond acceptors (Lipinski definition) is 5. The normalized spacial score (nSPS) is 11.6. The van der Waals surface area contributed by atoms with E-state index in [1.165, 1.54) is 10.9 Å². The molecule has 0 saturated carbocycles.